The molecule has 1 saturated carbocycles. The van der Waals surface area contributed by atoms with Crippen LogP contribution in [0.4, 0.5) is 0 Å². The van der Waals surface area contributed by atoms with E-state index in [-0.39, 0.29) is 0 Å². The van der Waals surface area contributed by atoms with Gasteiger partial charge in [-0.25, -0.2) is 0 Å². The van der Waals surface area contributed by atoms with Crippen LogP contribution < -0.4 is 4.74 Å². The number of alkyl halides is 1. The van der Waals surface area contributed by atoms with E-state index in [1.165, 1.54) is 32.1 Å². The third-order valence-corrected chi connectivity index (χ3v) is 4.62. The molecule has 0 amide bonds. The highest BCUT2D eigenvalue weighted by molar-refractivity contribution is 9.10. The number of hydrogen-bond donors (Lipinski definition) is 0. The summed E-state index contributed by atoms with van der Waals surface area (Å²) in [6.07, 6.45) is 6.74. The lowest BCUT2D eigenvalue weighted by atomic mass is 9.94. The topological polar surface area (TPSA) is 12.5 Å². The summed E-state index contributed by atoms with van der Waals surface area (Å²) >= 11 is 9.37. The molecule has 112 valence electrons. The quantitative estimate of drug-likeness (QED) is 0.653. The van der Waals surface area contributed by atoms with Gasteiger partial charge >= 0.3 is 0 Å². The zero-order valence-electron chi connectivity index (χ0n) is 11.9. The van der Waals surface area contributed by atoms with Crippen LogP contribution >= 0.6 is 27.5 Å². The predicted molar refractivity (Wildman–Crippen MR) is 88.8 cm³/mol. The van der Waals surface area contributed by atoms with E-state index in [1.807, 2.05) is 24.3 Å². The SMILES string of the molecule is ClCCN(CCOc1ccc(Br)cc1)C1CCCCC1. The number of benzene rings is 1. The fraction of sp³-hybridized carbons (Fsp3) is 0.625. The van der Waals surface area contributed by atoms with Crippen LogP contribution in [-0.2, 0) is 0 Å². The summed E-state index contributed by atoms with van der Waals surface area (Å²) in [5.74, 6) is 1.64. The summed E-state index contributed by atoms with van der Waals surface area (Å²) in [6, 6.07) is 8.71. The lowest BCUT2D eigenvalue weighted by Gasteiger charge is -2.33. The van der Waals surface area contributed by atoms with E-state index in [0.29, 0.717) is 11.9 Å². The van der Waals surface area contributed by atoms with Gasteiger partial charge in [0.05, 0.1) is 0 Å². The Morgan fingerprint density at radius 2 is 1.80 bits per heavy atom. The molecule has 2 nitrogen and oxygen atoms in total. The van der Waals surface area contributed by atoms with Gasteiger partial charge in [0.2, 0.25) is 0 Å². The lowest BCUT2D eigenvalue weighted by Crippen LogP contribution is -2.40. The number of hydrogen-bond acceptors (Lipinski definition) is 2. The molecule has 0 bridgehead atoms. The summed E-state index contributed by atoms with van der Waals surface area (Å²) in [4.78, 5) is 2.50. The first-order valence-electron chi connectivity index (χ1n) is 7.48. The average Bonchev–Trinajstić information content (AvgIpc) is 2.49. The van der Waals surface area contributed by atoms with Crippen LogP contribution in [0.3, 0.4) is 0 Å². The van der Waals surface area contributed by atoms with E-state index in [1.54, 1.807) is 0 Å². The Kier molecular flexibility index (Phi) is 7.18. The summed E-state index contributed by atoms with van der Waals surface area (Å²) in [5.41, 5.74) is 0. The Bertz CT molecular complexity index is 379. The summed E-state index contributed by atoms with van der Waals surface area (Å²) in [7, 11) is 0. The summed E-state index contributed by atoms with van der Waals surface area (Å²) in [5, 5.41) is 0. The van der Waals surface area contributed by atoms with Crippen molar-refractivity contribution >= 4 is 27.5 Å². The van der Waals surface area contributed by atoms with Gasteiger partial charge in [0.1, 0.15) is 12.4 Å². The maximum atomic E-state index is 5.94. The summed E-state index contributed by atoms with van der Waals surface area (Å²) < 4.78 is 6.90. The molecule has 0 saturated heterocycles. The fourth-order valence-electron chi connectivity index (χ4n) is 2.84. The monoisotopic (exact) mass is 359 g/mol. The van der Waals surface area contributed by atoms with Crippen LogP contribution in [-0.4, -0.2) is 36.5 Å². The van der Waals surface area contributed by atoms with Crippen LogP contribution in [0.2, 0.25) is 0 Å². The third-order valence-electron chi connectivity index (χ3n) is 3.92. The highest BCUT2D eigenvalue weighted by Gasteiger charge is 2.20. The van der Waals surface area contributed by atoms with Gasteiger partial charge in [-0.05, 0) is 37.1 Å². The standard InChI is InChI=1S/C16H23BrClNO/c17-14-6-8-16(9-7-14)20-13-12-19(11-10-18)15-4-2-1-3-5-15/h6-9,15H,1-5,10-13H2. The normalized spacial score (nSPS) is 16.6. The van der Waals surface area contributed by atoms with Crippen LogP contribution in [0.15, 0.2) is 28.7 Å². The van der Waals surface area contributed by atoms with E-state index in [4.69, 9.17) is 16.3 Å². The van der Waals surface area contributed by atoms with E-state index < -0.39 is 0 Å². The van der Waals surface area contributed by atoms with Crippen molar-refractivity contribution in [3.8, 4) is 5.75 Å². The third kappa shape index (κ3) is 5.27. The van der Waals surface area contributed by atoms with Gasteiger partial charge in [0.25, 0.3) is 0 Å². The minimum Gasteiger partial charge on any atom is -0.492 e. The molecular formula is C16H23BrClNO. The molecule has 20 heavy (non-hydrogen) atoms. The largest absolute Gasteiger partial charge is 0.492 e. The molecule has 1 aromatic carbocycles. The molecule has 0 N–H and O–H groups in total. The van der Waals surface area contributed by atoms with Crippen molar-refractivity contribution in [1.29, 1.82) is 0 Å². The van der Waals surface area contributed by atoms with Crippen molar-refractivity contribution in [2.75, 3.05) is 25.6 Å². The van der Waals surface area contributed by atoms with Crippen LogP contribution in [0.5, 0.6) is 5.75 Å². The Hall–Kier alpha value is -0.250. The molecule has 0 aliphatic heterocycles. The van der Waals surface area contributed by atoms with Gasteiger partial charge in [-0.15, -0.1) is 11.6 Å². The highest BCUT2D eigenvalue weighted by Crippen LogP contribution is 2.22. The number of nitrogens with zero attached hydrogens (tertiary/aromatic N) is 1. The first-order chi connectivity index (χ1) is 9.79. The van der Waals surface area contributed by atoms with Crippen LogP contribution in [0.25, 0.3) is 0 Å². The summed E-state index contributed by atoms with van der Waals surface area (Å²) in [6.45, 7) is 2.67. The van der Waals surface area contributed by atoms with E-state index in [2.05, 4.69) is 20.8 Å². The van der Waals surface area contributed by atoms with Gasteiger partial charge in [-0.2, -0.15) is 0 Å². The second-order valence-electron chi connectivity index (χ2n) is 5.32. The van der Waals surface area contributed by atoms with E-state index >= 15 is 0 Å². The van der Waals surface area contributed by atoms with Crippen molar-refractivity contribution in [1.82, 2.24) is 4.90 Å². The average molecular weight is 361 g/mol. The van der Waals surface area contributed by atoms with Crippen LogP contribution in [0.1, 0.15) is 32.1 Å². The maximum absolute atomic E-state index is 5.94. The lowest BCUT2D eigenvalue weighted by molar-refractivity contribution is 0.137. The molecule has 0 unspecified atom stereocenters. The smallest absolute Gasteiger partial charge is 0.119 e. The molecule has 0 aromatic heterocycles. The van der Waals surface area contributed by atoms with Gasteiger partial charge in [-0.1, -0.05) is 35.2 Å². The molecule has 1 aliphatic rings. The first-order valence-corrected chi connectivity index (χ1v) is 8.81. The number of ether oxygens (including phenoxy) is 1. The molecule has 0 atom stereocenters. The van der Waals surface area contributed by atoms with Crippen molar-refractivity contribution < 1.29 is 4.74 Å². The molecule has 2 rings (SSSR count). The number of rotatable bonds is 7. The van der Waals surface area contributed by atoms with Crippen LogP contribution in [0, 0.1) is 0 Å². The number of halogens is 2. The van der Waals surface area contributed by atoms with Gasteiger partial charge in [0, 0.05) is 29.5 Å². The molecular weight excluding hydrogens is 338 g/mol. The first kappa shape index (κ1) is 16.1. The predicted octanol–water partition coefficient (Wildman–Crippen LogP) is 4.70. The highest BCUT2D eigenvalue weighted by atomic mass is 79.9. The second kappa shape index (κ2) is 8.91. The minimum atomic E-state index is 0.703. The zero-order chi connectivity index (χ0) is 14.2. The molecule has 1 aliphatic carbocycles. The van der Waals surface area contributed by atoms with Gasteiger partial charge < -0.3 is 4.74 Å². The van der Waals surface area contributed by atoms with Gasteiger partial charge in [-0.3, -0.25) is 4.90 Å². The van der Waals surface area contributed by atoms with E-state index in [0.717, 1.165) is 29.9 Å². The second-order valence-corrected chi connectivity index (χ2v) is 6.61. The van der Waals surface area contributed by atoms with Gasteiger partial charge in [0.15, 0.2) is 0 Å². The van der Waals surface area contributed by atoms with Crippen molar-refractivity contribution in [3.05, 3.63) is 28.7 Å². The molecule has 1 aromatic rings. The van der Waals surface area contributed by atoms with Crippen molar-refractivity contribution in [3.63, 3.8) is 0 Å². The Labute approximate surface area is 135 Å². The maximum Gasteiger partial charge on any atom is 0.119 e. The van der Waals surface area contributed by atoms with E-state index in [9.17, 15) is 0 Å². The zero-order valence-corrected chi connectivity index (χ0v) is 14.2. The Morgan fingerprint density at radius 1 is 1.10 bits per heavy atom. The van der Waals surface area contributed by atoms with Crippen molar-refractivity contribution in [2.24, 2.45) is 0 Å². The molecule has 0 heterocycles. The van der Waals surface area contributed by atoms with Crippen molar-refractivity contribution in [2.45, 2.75) is 38.1 Å². The molecule has 0 spiro atoms. The Morgan fingerprint density at radius 3 is 2.45 bits per heavy atom. The Balaban J connectivity index is 1.77. The minimum absolute atomic E-state index is 0.703. The fourth-order valence-corrected chi connectivity index (χ4v) is 3.32. The molecule has 1 fully saturated rings. The molecule has 4 heteroatoms. The molecule has 0 radical (unpaired) electrons.